The SMILES string of the molecule is COC(=O)c1ccc(C(=O)C(=O)c2ccc(CBr)cc2)cc1OC. The van der Waals surface area contributed by atoms with E-state index in [9.17, 15) is 14.4 Å². The molecule has 6 heteroatoms. The average molecular weight is 391 g/mol. The minimum atomic E-state index is -0.670. The van der Waals surface area contributed by atoms with E-state index in [0.717, 1.165) is 5.56 Å². The Morgan fingerprint density at radius 3 is 2.04 bits per heavy atom. The molecule has 0 amide bonds. The number of Topliss-reactive ketones (excluding diaryl/α,β-unsaturated/α-hetero) is 2. The molecule has 24 heavy (non-hydrogen) atoms. The normalized spacial score (nSPS) is 10.1. The summed E-state index contributed by atoms with van der Waals surface area (Å²) >= 11 is 3.32. The zero-order valence-electron chi connectivity index (χ0n) is 13.2. The number of ether oxygens (including phenoxy) is 2. The molecule has 0 aliphatic carbocycles. The van der Waals surface area contributed by atoms with Crippen molar-refractivity contribution >= 4 is 33.5 Å². The third-order valence-electron chi connectivity index (χ3n) is 3.45. The molecule has 2 rings (SSSR count). The standard InChI is InChI=1S/C18H15BrO5/c1-23-15-9-13(7-8-14(15)18(22)24-2)17(21)16(20)12-5-3-11(10-19)4-6-12/h3-9H,10H2,1-2H3. The summed E-state index contributed by atoms with van der Waals surface area (Å²) in [5.41, 5.74) is 1.64. The van der Waals surface area contributed by atoms with Gasteiger partial charge in [0.05, 0.1) is 14.2 Å². The predicted octanol–water partition coefficient (Wildman–Crippen LogP) is 3.44. The van der Waals surface area contributed by atoms with E-state index < -0.39 is 17.5 Å². The van der Waals surface area contributed by atoms with Crippen molar-refractivity contribution in [1.82, 2.24) is 0 Å². The van der Waals surface area contributed by atoms with Crippen molar-refractivity contribution in [3.63, 3.8) is 0 Å². The minimum absolute atomic E-state index is 0.147. The smallest absolute Gasteiger partial charge is 0.341 e. The van der Waals surface area contributed by atoms with Crippen LogP contribution in [0.15, 0.2) is 42.5 Å². The number of alkyl halides is 1. The van der Waals surface area contributed by atoms with Gasteiger partial charge in [0.1, 0.15) is 11.3 Å². The van der Waals surface area contributed by atoms with Crippen LogP contribution in [0.4, 0.5) is 0 Å². The number of carbonyl (C=O) groups excluding carboxylic acids is 3. The lowest BCUT2D eigenvalue weighted by Crippen LogP contribution is -2.15. The Morgan fingerprint density at radius 2 is 1.50 bits per heavy atom. The van der Waals surface area contributed by atoms with E-state index in [0.29, 0.717) is 10.9 Å². The van der Waals surface area contributed by atoms with E-state index >= 15 is 0 Å². The van der Waals surface area contributed by atoms with E-state index in [2.05, 4.69) is 20.7 Å². The summed E-state index contributed by atoms with van der Waals surface area (Å²) in [5, 5.41) is 0.668. The molecule has 5 nitrogen and oxygen atoms in total. The van der Waals surface area contributed by atoms with Crippen LogP contribution in [0.2, 0.25) is 0 Å². The molecule has 0 aromatic heterocycles. The molecular weight excluding hydrogens is 376 g/mol. The van der Waals surface area contributed by atoms with Crippen LogP contribution >= 0.6 is 15.9 Å². The van der Waals surface area contributed by atoms with Crippen LogP contribution < -0.4 is 4.74 Å². The zero-order valence-corrected chi connectivity index (χ0v) is 14.8. The molecule has 0 aliphatic rings. The Bertz CT molecular complexity index is 780. The number of methoxy groups -OCH3 is 2. The lowest BCUT2D eigenvalue weighted by atomic mass is 9.99. The Morgan fingerprint density at radius 1 is 0.917 bits per heavy atom. The Balaban J connectivity index is 2.31. The van der Waals surface area contributed by atoms with Crippen molar-refractivity contribution < 1.29 is 23.9 Å². The molecule has 2 aromatic rings. The molecule has 124 valence electrons. The fourth-order valence-electron chi connectivity index (χ4n) is 2.12. The van der Waals surface area contributed by atoms with Gasteiger partial charge < -0.3 is 9.47 Å². The predicted molar refractivity (Wildman–Crippen MR) is 92.1 cm³/mol. The van der Waals surface area contributed by atoms with Crippen LogP contribution in [0.5, 0.6) is 5.75 Å². The molecule has 0 bridgehead atoms. The van der Waals surface area contributed by atoms with Crippen LogP contribution in [0.25, 0.3) is 0 Å². The van der Waals surface area contributed by atoms with Crippen molar-refractivity contribution in [3.05, 3.63) is 64.7 Å². The topological polar surface area (TPSA) is 69.7 Å². The third kappa shape index (κ3) is 3.71. The number of halogens is 1. The number of esters is 1. The number of rotatable bonds is 6. The summed E-state index contributed by atoms with van der Waals surface area (Å²) in [6, 6.07) is 10.9. The van der Waals surface area contributed by atoms with Gasteiger partial charge >= 0.3 is 5.97 Å². The van der Waals surface area contributed by atoms with Gasteiger partial charge in [-0.05, 0) is 23.8 Å². The molecule has 0 heterocycles. The lowest BCUT2D eigenvalue weighted by Gasteiger charge is -2.08. The second-order valence-corrected chi connectivity index (χ2v) is 5.46. The van der Waals surface area contributed by atoms with Crippen molar-refractivity contribution in [2.24, 2.45) is 0 Å². The van der Waals surface area contributed by atoms with Crippen LogP contribution in [0, 0.1) is 0 Å². The molecule has 0 N–H and O–H groups in total. The van der Waals surface area contributed by atoms with Crippen LogP contribution in [-0.2, 0) is 10.1 Å². The van der Waals surface area contributed by atoms with Gasteiger partial charge in [-0.2, -0.15) is 0 Å². The Hall–Kier alpha value is -2.47. The van der Waals surface area contributed by atoms with Crippen LogP contribution in [-0.4, -0.2) is 31.8 Å². The molecular formula is C18H15BrO5. The quantitative estimate of drug-likeness (QED) is 0.327. The highest BCUT2D eigenvalue weighted by atomic mass is 79.9. The van der Waals surface area contributed by atoms with Gasteiger partial charge in [0.25, 0.3) is 0 Å². The molecule has 0 fully saturated rings. The molecule has 0 atom stereocenters. The van der Waals surface area contributed by atoms with E-state index in [1.807, 2.05) is 0 Å². The molecule has 0 unspecified atom stereocenters. The summed E-state index contributed by atoms with van der Waals surface area (Å²) in [4.78, 5) is 36.3. The first-order valence-electron chi connectivity index (χ1n) is 7.02. The molecule has 0 saturated carbocycles. The third-order valence-corrected chi connectivity index (χ3v) is 4.09. The number of hydrogen-bond donors (Lipinski definition) is 0. The van der Waals surface area contributed by atoms with Crippen LogP contribution in [0.1, 0.15) is 36.6 Å². The fraction of sp³-hybridized carbons (Fsp3) is 0.167. The highest BCUT2D eigenvalue weighted by molar-refractivity contribution is 9.08. The van der Waals surface area contributed by atoms with Gasteiger partial charge in [-0.3, -0.25) is 9.59 Å². The maximum atomic E-state index is 12.4. The maximum absolute atomic E-state index is 12.4. The van der Waals surface area contributed by atoms with E-state index in [1.54, 1.807) is 24.3 Å². The van der Waals surface area contributed by atoms with Crippen molar-refractivity contribution in [2.45, 2.75) is 5.33 Å². The summed E-state index contributed by atoms with van der Waals surface area (Å²) in [7, 11) is 2.62. The van der Waals surface area contributed by atoms with Gasteiger partial charge in [-0.15, -0.1) is 0 Å². The summed E-state index contributed by atoms with van der Waals surface area (Å²) in [5.74, 6) is -1.70. The lowest BCUT2D eigenvalue weighted by molar-refractivity contribution is 0.0596. The zero-order chi connectivity index (χ0) is 17.7. The van der Waals surface area contributed by atoms with E-state index in [-0.39, 0.29) is 16.9 Å². The van der Waals surface area contributed by atoms with Gasteiger partial charge in [-0.25, -0.2) is 4.79 Å². The second kappa shape index (κ2) is 7.88. The number of benzene rings is 2. The first-order chi connectivity index (χ1) is 11.5. The Labute approximate surface area is 147 Å². The van der Waals surface area contributed by atoms with Crippen molar-refractivity contribution in [3.8, 4) is 5.75 Å². The molecule has 2 aromatic carbocycles. The van der Waals surface area contributed by atoms with Gasteiger partial charge in [-0.1, -0.05) is 40.2 Å². The van der Waals surface area contributed by atoms with Gasteiger partial charge in [0.2, 0.25) is 11.6 Å². The molecule has 0 aliphatic heterocycles. The Kier molecular flexibility index (Phi) is 5.87. The van der Waals surface area contributed by atoms with E-state index in [1.165, 1.54) is 32.4 Å². The summed E-state index contributed by atoms with van der Waals surface area (Å²) in [6.45, 7) is 0. The first-order valence-corrected chi connectivity index (χ1v) is 8.14. The monoisotopic (exact) mass is 390 g/mol. The number of hydrogen-bond acceptors (Lipinski definition) is 5. The summed E-state index contributed by atoms with van der Waals surface area (Å²) in [6.07, 6.45) is 0. The highest BCUT2D eigenvalue weighted by Gasteiger charge is 2.21. The van der Waals surface area contributed by atoms with Gasteiger partial charge in [0.15, 0.2) is 0 Å². The first kappa shape index (κ1) is 17.9. The highest BCUT2D eigenvalue weighted by Crippen LogP contribution is 2.22. The number of carbonyl (C=O) groups is 3. The van der Waals surface area contributed by atoms with Gasteiger partial charge in [0, 0.05) is 16.5 Å². The van der Waals surface area contributed by atoms with Crippen molar-refractivity contribution in [1.29, 1.82) is 0 Å². The average Bonchev–Trinajstić information content (AvgIpc) is 2.65. The molecule has 0 saturated heterocycles. The van der Waals surface area contributed by atoms with E-state index in [4.69, 9.17) is 4.74 Å². The second-order valence-electron chi connectivity index (χ2n) is 4.90. The minimum Gasteiger partial charge on any atom is -0.496 e. The maximum Gasteiger partial charge on any atom is 0.341 e. The summed E-state index contributed by atoms with van der Waals surface area (Å²) < 4.78 is 9.75. The van der Waals surface area contributed by atoms with Crippen molar-refractivity contribution in [2.75, 3.05) is 14.2 Å². The fourth-order valence-corrected chi connectivity index (χ4v) is 2.49. The number of ketones is 2. The van der Waals surface area contributed by atoms with Crippen LogP contribution in [0.3, 0.4) is 0 Å². The largest absolute Gasteiger partial charge is 0.496 e. The molecule has 0 spiro atoms. The molecule has 0 radical (unpaired) electrons.